The standard InChI is InChI=1S/C19H18N2O4/c22-18(20-13-6-8-16-17(11-13)25-10-9-24-16)19(23)21-15-7-5-12-3-1-2-4-14(12)15/h1-4,6,8,11,15H,5,7,9-10H2,(H,20,22)(H,21,23)/t15-/m1/s1. The fourth-order valence-corrected chi connectivity index (χ4v) is 3.24. The van der Waals surface area contributed by atoms with Gasteiger partial charge in [-0.3, -0.25) is 9.59 Å². The minimum atomic E-state index is -0.693. The van der Waals surface area contributed by atoms with Crippen LogP contribution in [0.1, 0.15) is 23.6 Å². The van der Waals surface area contributed by atoms with Crippen molar-refractivity contribution in [2.45, 2.75) is 18.9 Å². The monoisotopic (exact) mass is 338 g/mol. The fourth-order valence-electron chi connectivity index (χ4n) is 3.24. The van der Waals surface area contributed by atoms with Crippen LogP contribution in [0.2, 0.25) is 0 Å². The molecule has 0 aromatic heterocycles. The largest absolute Gasteiger partial charge is 0.486 e. The molecular weight excluding hydrogens is 320 g/mol. The third-order valence-electron chi connectivity index (χ3n) is 4.44. The summed E-state index contributed by atoms with van der Waals surface area (Å²) in [7, 11) is 0. The smallest absolute Gasteiger partial charge is 0.313 e. The molecule has 1 heterocycles. The Hall–Kier alpha value is -3.02. The lowest BCUT2D eigenvalue weighted by Crippen LogP contribution is -2.37. The summed E-state index contributed by atoms with van der Waals surface area (Å²) in [5.74, 6) is -0.136. The molecule has 0 saturated carbocycles. The number of aryl methyl sites for hydroxylation is 1. The van der Waals surface area contributed by atoms with Gasteiger partial charge in [0.25, 0.3) is 0 Å². The molecule has 6 heteroatoms. The van der Waals surface area contributed by atoms with E-state index in [9.17, 15) is 9.59 Å². The molecule has 128 valence electrons. The van der Waals surface area contributed by atoms with Gasteiger partial charge in [0.05, 0.1) is 6.04 Å². The maximum atomic E-state index is 12.2. The minimum Gasteiger partial charge on any atom is -0.486 e. The van der Waals surface area contributed by atoms with Crippen molar-refractivity contribution in [3.63, 3.8) is 0 Å². The molecule has 0 bridgehead atoms. The molecule has 0 saturated heterocycles. The minimum absolute atomic E-state index is 0.116. The topological polar surface area (TPSA) is 76.7 Å². The van der Waals surface area contributed by atoms with E-state index in [1.807, 2.05) is 18.2 Å². The van der Waals surface area contributed by atoms with Gasteiger partial charge in [-0.15, -0.1) is 0 Å². The van der Waals surface area contributed by atoms with Crippen molar-refractivity contribution in [3.05, 3.63) is 53.6 Å². The number of anilines is 1. The Morgan fingerprint density at radius 1 is 0.960 bits per heavy atom. The van der Waals surface area contributed by atoms with Gasteiger partial charge in [0.15, 0.2) is 11.5 Å². The number of nitrogens with one attached hydrogen (secondary N) is 2. The summed E-state index contributed by atoms with van der Waals surface area (Å²) in [5.41, 5.74) is 2.80. The second-order valence-electron chi connectivity index (χ2n) is 6.08. The van der Waals surface area contributed by atoms with Gasteiger partial charge in [-0.25, -0.2) is 0 Å². The summed E-state index contributed by atoms with van der Waals surface area (Å²) >= 11 is 0. The molecule has 0 unspecified atom stereocenters. The summed E-state index contributed by atoms with van der Waals surface area (Å²) in [6, 6.07) is 12.9. The van der Waals surface area contributed by atoms with Crippen LogP contribution in [-0.2, 0) is 16.0 Å². The van der Waals surface area contributed by atoms with Crippen LogP contribution in [0.3, 0.4) is 0 Å². The zero-order valence-electron chi connectivity index (χ0n) is 13.6. The molecule has 1 atom stereocenters. The average molecular weight is 338 g/mol. The van der Waals surface area contributed by atoms with Gasteiger partial charge in [0.2, 0.25) is 0 Å². The Balaban J connectivity index is 1.41. The Morgan fingerprint density at radius 2 is 1.76 bits per heavy atom. The lowest BCUT2D eigenvalue weighted by Gasteiger charge is -2.19. The molecule has 4 rings (SSSR count). The molecule has 2 N–H and O–H groups in total. The molecule has 6 nitrogen and oxygen atoms in total. The van der Waals surface area contributed by atoms with Gasteiger partial charge in [0, 0.05) is 11.8 Å². The van der Waals surface area contributed by atoms with E-state index in [0.29, 0.717) is 30.4 Å². The molecule has 0 spiro atoms. The number of ether oxygens (including phenoxy) is 2. The summed E-state index contributed by atoms with van der Waals surface area (Å²) in [6.07, 6.45) is 1.72. The van der Waals surface area contributed by atoms with Crippen LogP contribution in [-0.4, -0.2) is 25.0 Å². The second kappa shape index (κ2) is 6.47. The highest BCUT2D eigenvalue weighted by atomic mass is 16.6. The van der Waals surface area contributed by atoms with Crippen molar-refractivity contribution in [1.82, 2.24) is 5.32 Å². The molecule has 2 aromatic rings. The zero-order chi connectivity index (χ0) is 17.2. The first-order chi connectivity index (χ1) is 12.2. The van der Waals surface area contributed by atoms with Crippen molar-refractivity contribution < 1.29 is 19.1 Å². The van der Waals surface area contributed by atoms with E-state index in [2.05, 4.69) is 16.7 Å². The van der Waals surface area contributed by atoms with Crippen LogP contribution >= 0.6 is 0 Å². The maximum Gasteiger partial charge on any atom is 0.313 e. The lowest BCUT2D eigenvalue weighted by molar-refractivity contribution is -0.136. The first-order valence-electron chi connectivity index (χ1n) is 8.30. The molecule has 2 aliphatic rings. The van der Waals surface area contributed by atoms with E-state index in [0.717, 1.165) is 18.4 Å². The van der Waals surface area contributed by atoms with Crippen LogP contribution in [0, 0.1) is 0 Å². The summed E-state index contributed by atoms with van der Waals surface area (Å²) in [4.78, 5) is 24.4. The van der Waals surface area contributed by atoms with E-state index in [1.54, 1.807) is 18.2 Å². The van der Waals surface area contributed by atoms with Crippen LogP contribution in [0.15, 0.2) is 42.5 Å². The number of amides is 2. The van der Waals surface area contributed by atoms with Crippen molar-refractivity contribution in [2.24, 2.45) is 0 Å². The van der Waals surface area contributed by atoms with Crippen molar-refractivity contribution in [3.8, 4) is 11.5 Å². The number of hydrogen-bond donors (Lipinski definition) is 2. The number of benzene rings is 2. The third kappa shape index (κ3) is 3.15. The van der Waals surface area contributed by atoms with Gasteiger partial charge in [-0.05, 0) is 36.1 Å². The molecule has 1 aliphatic carbocycles. The number of fused-ring (bicyclic) bond motifs is 2. The number of rotatable bonds is 2. The van der Waals surface area contributed by atoms with Gasteiger partial charge in [-0.1, -0.05) is 24.3 Å². The quantitative estimate of drug-likeness (QED) is 0.823. The van der Waals surface area contributed by atoms with Gasteiger partial charge >= 0.3 is 11.8 Å². The Morgan fingerprint density at radius 3 is 2.64 bits per heavy atom. The predicted octanol–water partition coefficient (Wildman–Crippen LogP) is 2.20. The number of carbonyl (C=O) groups is 2. The van der Waals surface area contributed by atoms with E-state index in [4.69, 9.17) is 9.47 Å². The van der Waals surface area contributed by atoms with Crippen LogP contribution in [0.25, 0.3) is 0 Å². The first kappa shape index (κ1) is 15.5. The van der Waals surface area contributed by atoms with E-state index >= 15 is 0 Å². The van der Waals surface area contributed by atoms with E-state index in [-0.39, 0.29) is 6.04 Å². The molecule has 0 radical (unpaired) electrons. The Bertz CT molecular complexity index is 834. The summed E-state index contributed by atoms with van der Waals surface area (Å²) in [6.45, 7) is 0.968. The molecule has 2 aromatic carbocycles. The normalized spacial score (nSPS) is 17.5. The van der Waals surface area contributed by atoms with Gasteiger partial charge < -0.3 is 20.1 Å². The first-order valence-corrected chi connectivity index (χ1v) is 8.30. The molecule has 25 heavy (non-hydrogen) atoms. The molecular formula is C19H18N2O4. The third-order valence-corrected chi connectivity index (χ3v) is 4.44. The van der Waals surface area contributed by atoms with Crippen molar-refractivity contribution >= 4 is 17.5 Å². The fraction of sp³-hybridized carbons (Fsp3) is 0.263. The highest BCUT2D eigenvalue weighted by Crippen LogP contribution is 2.33. The maximum absolute atomic E-state index is 12.2. The molecule has 0 fully saturated rings. The zero-order valence-corrected chi connectivity index (χ0v) is 13.6. The predicted molar refractivity (Wildman–Crippen MR) is 91.7 cm³/mol. The molecule has 1 aliphatic heterocycles. The number of carbonyl (C=O) groups excluding carboxylic acids is 2. The van der Waals surface area contributed by atoms with Crippen molar-refractivity contribution in [1.29, 1.82) is 0 Å². The van der Waals surface area contributed by atoms with Gasteiger partial charge in [0.1, 0.15) is 13.2 Å². The number of hydrogen-bond acceptors (Lipinski definition) is 4. The van der Waals surface area contributed by atoms with Crippen LogP contribution < -0.4 is 20.1 Å². The summed E-state index contributed by atoms with van der Waals surface area (Å²) in [5, 5.41) is 5.41. The van der Waals surface area contributed by atoms with Crippen molar-refractivity contribution in [2.75, 3.05) is 18.5 Å². The van der Waals surface area contributed by atoms with Gasteiger partial charge in [-0.2, -0.15) is 0 Å². The SMILES string of the molecule is O=C(Nc1ccc2c(c1)OCCO2)C(=O)N[C@@H]1CCc2ccccc21. The highest BCUT2D eigenvalue weighted by Gasteiger charge is 2.26. The van der Waals surface area contributed by atoms with E-state index in [1.165, 1.54) is 5.56 Å². The van der Waals surface area contributed by atoms with Crippen LogP contribution in [0.4, 0.5) is 5.69 Å². The average Bonchev–Trinajstić information content (AvgIpc) is 3.04. The highest BCUT2D eigenvalue weighted by molar-refractivity contribution is 6.39. The second-order valence-corrected chi connectivity index (χ2v) is 6.08. The Labute approximate surface area is 145 Å². The van der Waals surface area contributed by atoms with E-state index < -0.39 is 11.8 Å². The Kier molecular flexibility index (Phi) is 4.01. The lowest BCUT2D eigenvalue weighted by atomic mass is 10.1. The molecule has 2 amide bonds. The summed E-state index contributed by atoms with van der Waals surface area (Å²) < 4.78 is 10.9. The van der Waals surface area contributed by atoms with Crippen LogP contribution in [0.5, 0.6) is 11.5 Å².